The molecule has 0 aliphatic carbocycles. The van der Waals surface area contributed by atoms with Crippen LogP contribution in [0.4, 0.5) is 0 Å². The molecule has 0 aliphatic heterocycles. The number of aliphatic hydroxyl groups excluding tert-OH is 2. The standard InChI is InChI=1S/C11H12N4O4/c1-15-11(9(18)5-16)7(2-13-15)8-3-12-4-10(14-8)19-6-17/h2-4,16-17H,5-6H2,1H3. The van der Waals surface area contributed by atoms with E-state index in [1.165, 1.54) is 23.3 Å². The van der Waals surface area contributed by atoms with Gasteiger partial charge in [0.25, 0.3) is 0 Å². The first kappa shape index (κ1) is 13.1. The van der Waals surface area contributed by atoms with Gasteiger partial charge in [0.05, 0.1) is 29.8 Å². The molecule has 2 rings (SSSR count). The first-order chi connectivity index (χ1) is 9.17. The first-order valence-corrected chi connectivity index (χ1v) is 5.39. The van der Waals surface area contributed by atoms with Crippen molar-refractivity contribution in [1.29, 1.82) is 0 Å². The second-order valence-electron chi connectivity index (χ2n) is 3.63. The third kappa shape index (κ3) is 2.59. The van der Waals surface area contributed by atoms with Gasteiger partial charge >= 0.3 is 0 Å². The quantitative estimate of drug-likeness (QED) is 0.547. The topological polar surface area (TPSA) is 110 Å². The number of ketones is 1. The summed E-state index contributed by atoms with van der Waals surface area (Å²) in [5.74, 6) is -0.337. The van der Waals surface area contributed by atoms with Crippen molar-refractivity contribution in [3.05, 3.63) is 24.3 Å². The van der Waals surface area contributed by atoms with Gasteiger partial charge in [0.2, 0.25) is 11.7 Å². The molecule has 8 nitrogen and oxygen atoms in total. The van der Waals surface area contributed by atoms with E-state index in [2.05, 4.69) is 15.1 Å². The van der Waals surface area contributed by atoms with Gasteiger partial charge in [0.1, 0.15) is 12.3 Å². The van der Waals surface area contributed by atoms with Crippen LogP contribution in [0.1, 0.15) is 10.5 Å². The number of carbonyl (C=O) groups excluding carboxylic acids is 1. The average molecular weight is 264 g/mol. The van der Waals surface area contributed by atoms with Gasteiger partial charge in [-0.15, -0.1) is 0 Å². The molecule has 0 radical (unpaired) electrons. The van der Waals surface area contributed by atoms with E-state index in [0.717, 1.165) is 0 Å². The summed E-state index contributed by atoms with van der Waals surface area (Å²) in [7, 11) is 1.59. The van der Waals surface area contributed by atoms with E-state index in [0.29, 0.717) is 11.3 Å². The van der Waals surface area contributed by atoms with Crippen molar-refractivity contribution >= 4 is 5.78 Å². The molecule has 2 heterocycles. The van der Waals surface area contributed by atoms with E-state index in [-0.39, 0.29) is 11.6 Å². The molecule has 0 atom stereocenters. The molecule has 0 amide bonds. The van der Waals surface area contributed by atoms with Crippen LogP contribution in [0.5, 0.6) is 5.88 Å². The van der Waals surface area contributed by atoms with Gasteiger partial charge in [-0.3, -0.25) is 14.5 Å². The van der Waals surface area contributed by atoms with Crippen molar-refractivity contribution in [2.45, 2.75) is 0 Å². The largest absolute Gasteiger partial charge is 0.450 e. The molecule has 0 aromatic carbocycles. The summed E-state index contributed by atoms with van der Waals surface area (Å²) in [5, 5.41) is 21.6. The van der Waals surface area contributed by atoms with E-state index >= 15 is 0 Å². The maximum Gasteiger partial charge on any atom is 0.234 e. The van der Waals surface area contributed by atoms with E-state index in [4.69, 9.17) is 14.9 Å². The zero-order valence-electron chi connectivity index (χ0n) is 10.1. The average Bonchev–Trinajstić information content (AvgIpc) is 2.80. The van der Waals surface area contributed by atoms with Gasteiger partial charge in [-0.2, -0.15) is 5.10 Å². The zero-order chi connectivity index (χ0) is 13.8. The molecule has 2 aromatic heterocycles. The van der Waals surface area contributed by atoms with Crippen molar-refractivity contribution in [3.63, 3.8) is 0 Å². The number of Topliss-reactive ketones (excluding diaryl/α,β-unsaturated/α-hetero) is 1. The summed E-state index contributed by atoms with van der Waals surface area (Å²) in [6.07, 6.45) is 4.23. The fourth-order valence-corrected chi connectivity index (χ4v) is 1.64. The number of carbonyl (C=O) groups is 1. The van der Waals surface area contributed by atoms with Gasteiger partial charge in [0, 0.05) is 7.05 Å². The maximum absolute atomic E-state index is 11.7. The van der Waals surface area contributed by atoms with Crippen LogP contribution in [0.3, 0.4) is 0 Å². The fraction of sp³-hybridized carbons (Fsp3) is 0.273. The number of aliphatic hydroxyl groups is 2. The summed E-state index contributed by atoms with van der Waals surface area (Å²) >= 11 is 0. The fourth-order valence-electron chi connectivity index (χ4n) is 1.64. The normalized spacial score (nSPS) is 10.5. The van der Waals surface area contributed by atoms with Gasteiger partial charge in [0.15, 0.2) is 6.79 Å². The van der Waals surface area contributed by atoms with E-state index < -0.39 is 19.2 Å². The number of aryl methyl sites for hydroxylation is 1. The lowest BCUT2D eigenvalue weighted by molar-refractivity contribution is 0.0893. The molecule has 0 saturated heterocycles. The highest BCUT2D eigenvalue weighted by molar-refractivity contribution is 6.00. The summed E-state index contributed by atoms with van der Waals surface area (Å²) in [6, 6.07) is 0. The van der Waals surface area contributed by atoms with Crippen LogP contribution >= 0.6 is 0 Å². The maximum atomic E-state index is 11.7. The Morgan fingerprint density at radius 1 is 1.37 bits per heavy atom. The van der Waals surface area contributed by atoms with Gasteiger partial charge in [-0.1, -0.05) is 0 Å². The van der Waals surface area contributed by atoms with Crippen LogP contribution < -0.4 is 4.74 Å². The Labute approximate surface area is 108 Å². The number of ether oxygens (including phenoxy) is 1. The van der Waals surface area contributed by atoms with Crippen molar-refractivity contribution in [3.8, 4) is 17.1 Å². The van der Waals surface area contributed by atoms with Gasteiger partial charge in [-0.25, -0.2) is 4.98 Å². The second kappa shape index (κ2) is 5.55. The predicted molar refractivity (Wildman–Crippen MR) is 63.4 cm³/mol. The van der Waals surface area contributed by atoms with Crippen molar-refractivity contribution < 1.29 is 19.7 Å². The first-order valence-electron chi connectivity index (χ1n) is 5.39. The number of rotatable bonds is 5. The van der Waals surface area contributed by atoms with E-state index in [9.17, 15) is 4.79 Å². The van der Waals surface area contributed by atoms with Crippen LogP contribution in [0, 0.1) is 0 Å². The SMILES string of the molecule is Cn1ncc(-c2cncc(OCO)n2)c1C(=O)CO. The molecule has 2 aromatic rings. The van der Waals surface area contributed by atoms with E-state index in [1.807, 2.05) is 0 Å². The molecule has 0 saturated carbocycles. The number of aromatic nitrogens is 4. The van der Waals surface area contributed by atoms with Gasteiger partial charge < -0.3 is 14.9 Å². The molecule has 0 fully saturated rings. The smallest absolute Gasteiger partial charge is 0.234 e. The van der Waals surface area contributed by atoms with Gasteiger partial charge in [-0.05, 0) is 0 Å². The summed E-state index contributed by atoms with van der Waals surface area (Å²) in [5.41, 5.74) is 1.05. The molecule has 0 unspecified atom stereocenters. The lowest BCUT2D eigenvalue weighted by Gasteiger charge is -2.05. The Hall–Kier alpha value is -2.32. The van der Waals surface area contributed by atoms with Crippen LogP contribution in [0.2, 0.25) is 0 Å². The Balaban J connectivity index is 2.47. The van der Waals surface area contributed by atoms with Crippen LogP contribution in [-0.4, -0.2) is 49.1 Å². The van der Waals surface area contributed by atoms with Crippen molar-refractivity contribution in [2.24, 2.45) is 7.05 Å². The predicted octanol–water partition coefficient (Wildman–Crippen LogP) is -0.619. The summed E-state index contributed by atoms with van der Waals surface area (Å²) < 4.78 is 6.18. The Kier molecular flexibility index (Phi) is 3.83. The molecular formula is C11H12N4O4. The minimum Gasteiger partial charge on any atom is -0.450 e. The number of hydrogen-bond acceptors (Lipinski definition) is 7. The third-order valence-corrected chi connectivity index (χ3v) is 2.45. The summed E-state index contributed by atoms with van der Waals surface area (Å²) in [4.78, 5) is 19.7. The number of hydrogen-bond donors (Lipinski definition) is 2. The highest BCUT2D eigenvalue weighted by Crippen LogP contribution is 2.22. The molecule has 2 N–H and O–H groups in total. The molecule has 0 spiro atoms. The third-order valence-electron chi connectivity index (χ3n) is 2.45. The molecule has 0 aliphatic rings. The van der Waals surface area contributed by atoms with Crippen LogP contribution in [0.15, 0.2) is 18.6 Å². The minimum atomic E-state index is -0.618. The molecule has 0 bridgehead atoms. The Bertz CT molecular complexity index is 596. The monoisotopic (exact) mass is 264 g/mol. The number of nitrogens with zero attached hydrogens (tertiary/aromatic N) is 4. The zero-order valence-corrected chi connectivity index (χ0v) is 10.1. The van der Waals surface area contributed by atoms with Crippen LogP contribution in [0.25, 0.3) is 11.3 Å². The molecular weight excluding hydrogens is 252 g/mol. The lowest BCUT2D eigenvalue weighted by Crippen LogP contribution is -2.12. The van der Waals surface area contributed by atoms with Crippen molar-refractivity contribution in [1.82, 2.24) is 19.7 Å². The lowest BCUT2D eigenvalue weighted by atomic mass is 10.1. The molecule has 100 valence electrons. The summed E-state index contributed by atoms with van der Waals surface area (Å²) in [6.45, 7) is -1.14. The minimum absolute atomic E-state index is 0.131. The molecule has 19 heavy (non-hydrogen) atoms. The highest BCUT2D eigenvalue weighted by Gasteiger charge is 2.18. The Morgan fingerprint density at radius 2 is 2.16 bits per heavy atom. The van der Waals surface area contributed by atoms with Crippen LogP contribution in [-0.2, 0) is 7.05 Å². The van der Waals surface area contributed by atoms with Crippen molar-refractivity contribution in [2.75, 3.05) is 13.4 Å². The molecule has 8 heteroatoms. The second-order valence-corrected chi connectivity index (χ2v) is 3.63. The Morgan fingerprint density at radius 3 is 2.84 bits per heavy atom. The van der Waals surface area contributed by atoms with E-state index in [1.54, 1.807) is 7.05 Å². The highest BCUT2D eigenvalue weighted by atomic mass is 16.6.